The second-order valence-corrected chi connectivity index (χ2v) is 15.9. The second-order valence-electron chi connectivity index (χ2n) is 11.2. The van der Waals surface area contributed by atoms with E-state index in [1.165, 1.54) is 21.2 Å². The molecule has 254 valence electrons. The molecule has 0 saturated carbocycles. The van der Waals surface area contributed by atoms with E-state index in [1.54, 1.807) is 0 Å². The molecule has 4 aromatic rings. The van der Waals surface area contributed by atoms with Gasteiger partial charge in [0.1, 0.15) is 13.2 Å². The minimum absolute atomic E-state index is 0.173. The lowest BCUT2D eigenvalue weighted by Gasteiger charge is -2.18. The van der Waals surface area contributed by atoms with Gasteiger partial charge in [-0.3, -0.25) is 9.59 Å². The molecule has 48 heavy (non-hydrogen) atoms. The highest BCUT2D eigenvalue weighted by Crippen LogP contribution is 2.35. The summed E-state index contributed by atoms with van der Waals surface area (Å²) < 4.78 is 22.2. The molecule has 0 bridgehead atoms. The average molecular weight is 687 g/mol. The lowest BCUT2D eigenvalue weighted by Crippen LogP contribution is -2.17. The van der Waals surface area contributed by atoms with Crippen molar-refractivity contribution in [1.29, 1.82) is 0 Å². The molecule has 0 N–H and O–H groups in total. The predicted octanol–water partition coefficient (Wildman–Crippen LogP) is 6.71. The summed E-state index contributed by atoms with van der Waals surface area (Å²) in [5.41, 5.74) is 0. The summed E-state index contributed by atoms with van der Waals surface area (Å²) in [4.78, 5) is 24.8. The maximum Gasteiger partial charge on any atom is 0.306 e. The van der Waals surface area contributed by atoms with Gasteiger partial charge in [-0.1, -0.05) is 134 Å². The van der Waals surface area contributed by atoms with Crippen LogP contribution in [-0.4, -0.2) is 63.9 Å². The molecule has 0 aromatic heterocycles. The first-order valence-electron chi connectivity index (χ1n) is 16.9. The second kappa shape index (κ2) is 23.0. The standard InChI is InChI=1S/C40H48O6P2/c41-39(25-33-47(35-17-7-3-8-18-35)36-19-9-4-10-20-36)45-31-29-43-27-15-1-2-16-28-44-30-32-46-40(42)26-34-48(37-21-11-5-12-22-37)38-23-13-6-14-24-38/h3-14,17-24H,1-2,15-16,25-34H2. The van der Waals surface area contributed by atoms with E-state index in [1.807, 2.05) is 24.3 Å². The zero-order valence-corrected chi connectivity index (χ0v) is 29.6. The third-order valence-corrected chi connectivity index (χ3v) is 12.7. The van der Waals surface area contributed by atoms with Crippen molar-refractivity contribution < 1.29 is 28.5 Å². The van der Waals surface area contributed by atoms with E-state index in [-0.39, 0.29) is 25.2 Å². The Hall–Kier alpha value is -3.40. The monoisotopic (exact) mass is 686 g/mol. The van der Waals surface area contributed by atoms with Gasteiger partial charge in [0.2, 0.25) is 0 Å². The molecule has 0 radical (unpaired) electrons. The Morgan fingerprint density at radius 1 is 0.396 bits per heavy atom. The predicted molar refractivity (Wildman–Crippen MR) is 199 cm³/mol. The van der Waals surface area contributed by atoms with Gasteiger partial charge in [0, 0.05) is 13.2 Å². The molecule has 0 amide bonds. The molecule has 0 spiro atoms. The molecule has 0 unspecified atom stereocenters. The highest BCUT2D eigenvalue weighted by Gasteiger charge is 2.17. The van der Waals surface area contributed by atoms with Crippen molar-refractivity contribution in [3.8, 4) is 0 Å². The maximum atomic E-state index is 12.4. The summed E-state index contributed by atoms with van der Waals surface area (Å²) in [5, 5.41) is 5.08. The Kier molecular flexibility index (Phi) is 18.0. The third-order valence-electron chi connectivity index (χ3n) is 7.66. The van der Waals surface area contributed by atoms with Gasteiger partial charge < -0.3 is 18.9 Å². The van der Waals surface area contributed by atoms with Gasteiger partial charge in [-0.2, -0.15) is 0 Å². The van der Waals surface area contributed by atoms with Crippen molar-refractivity contribution in [3.05, 3.63) is 121 Å². The smallest absolute Gasteiger partial charge is 0.306 e. The number of carbonyl (C=O) groups excluding carboxylic acids is 2. The first kappa shape index (κ1) is 37.4. The number of carbonyl (C=O) groups is 2. The van der Waals surface area contributed by atoms with Crippen molar-refractivity contribution in [2.45, 2.75) is 38.5 Å². The molecule has 6 nitrogen and oxygen atoms in total. The zero-order chi connectivity index (χ0) is 33.5. The van der Waals surface area contributed by atoms with Crippen LogP contribution in [-0.2, 0) is 28.5 Å². The van der Waals surface area contributed by atoms with Crippen LogP contribution in [0.25, 0.3) is 0 Å². The Bertz CT molecular complexity index is 1230. The van der Waals surface area contributed by atoms with Crippen LogP contribution in [0.2, 0.25) is 0 Å². The van der Waals surface area contributed by atoms with Crippen molar-refractivity contribution in [3.63, 3.8) is 0 Å². The molecule has 0 aliphatic rings. The molecule has 8 heteroatoms. The Balaban J connectivity index is 0.954. The van der Waals surface area contributed by atoms with E-state index in [2.05, 4.69) is 97.1 Å². The largest absolute Gasteiger partial charge is 0.463 e. The van der Waals surface area contributed by atoms with Crippen LogP contribution < -0.4 is 21.2 Å². The van der Waals surface area contributed by atoms with Crippen molar-refractivity contribution >= 4 is 49.0 Å². The summed E-state index contributed by atoms with van der Waals surface area (Å²) in [6.07, 6.45) is 6.33. The minimum atomic E-state index is -0.601. The van der Waals surface area contributed by atoms with E-state index in [0.29, 0.717) is 39.3 Å². The van der Waals surface area contributed by atoms with Gasteiger partial charge in [-0.15, -0.1) is 0 Å². The van der Waals surface area contributed by atoms with Crippen LogP contribution in [0.5, 0.6) is 0 Å². The van der Waals surface area contributed by atoms with Crippen LogP contribution in [0.4, 0.5) is 0 Å². The third kappa shape index (κ3) is 14.4. The van der Waals surface area contributed by atoms with E-state index < -0.39 is 15.8 Å². The fraction of sp³-hybridized carbons (Fsp3) is 0.350. The SMILES string of the molecule is O=C(CCP(c1ccccc1)c1ccccc1)OCCOCCCCCCOCCOC(=O)CCP(c1ccccc1)c1ccccc1. The average Bonchev–Trinajstić information content (AvgIpc) is 3.13. The number of ether oxygens (including phenoxy) is 4. The number of hydrogen-bond acceptors (Lipinski definition) is 6. The Morgan fingerprint density at radius 3 is 1.02 bits per heavy atom. The lowest BCUT2D eigenvalue weighted by atomic mass is 10.2. The van der Waals surface area contributed by atoms with E-state index >= 15 is 0 Å². The van der Waals surface area contributed by atoms with E-state index in [4.69, 9.17) is 18.9 Å². The van der Waals surface area contributed by atoms with Gasteiger partial charge in [-0.25, -0.2) is 0 Å². The molecule has 4 aromatic carbocycles. The molecule has 0 atom stereocenters. The highest BCUT2D eigenvalue weighted by atomic mass is 31.1. The number of benzene rings is 4. The lowest BCUT2D eigenvalue weighted by molar-refractivity contribution is -0.145. The molecular weight excluding hydrogens is 638 g/mol. The normalized spacial score (nSPS) is 11.1. The zero-order valence-electron chi connectivity index (χ0n) is 27.8. The number of unbranched alkanes of at least 4 members (excludes halogenated alkanes) is 3. The number of esters is 2. The van der Waals surface area contributed by atoms with E-state index in [0.717, 1.165) is 38.0 Å². The van der Waals surface area contributed by atoms with Gasteiger partial charge in [0.25, 0.3) is 0 Å². The molecular formula is C40H48O6P2. The van der Waals surface area contributed by atoms with Crippen LogP contribution in [0.1, 0.15) is 38.5 Å². The Morgan fingerprint density at radius 2 is 0.708 bits per heavy atom. The maximum absolute atomic E-state index is 12.4. The van der Waals surface area contributed by atoms with Gasteiger partial charge in [-0.05, 0) is 62.2 Å². The van der Waals surface area contributed by atoms with Crippen LogP contribution >= 0.6 is 15.8 Å². The minimum Gasteiger partial charge on any atom is -0.463 e. The summed E-state index contributed by atoms with van der Waals surface area (Å²) in [7, 11) is -1.20. The topological polar surface area (TPSA) is 71.1 Å². The van der Waals surface area contributed by atoms with Crippen molar-refractivity contribution in [2.75, 3.05) is 52.0 Å². The van der Waals surface area contributed by atoms with Crippen LogP contribution in [0, 0.1) is 0 Å². The number of rotatable bonds is 23. The van der Waals surface area contributed by atoms with Gasteiger partial charge in [0.15, 0.2) is 0 Å². The fourth-order valence-electron chi connectivity index (χ4n) is 5.19. The Labute approximate surface area is 288 Å². The number of hydrogen-bond donors (Lipinski definition) is 0. The highest BCUT2D eigenvalue weighted by molar-refractivity contribution is 7.73. The van der Waals surface area contributed by atoms with E-state index in [9.17, 15) is 9.59 Å². The molecule has 0 fully saturated rings. The molecule has 4 rings (SSSR count). The molecule has 0 aliphatic heterocycles. The van der Waals surface area contributed by atoms with Crippen molar-refractivity contribution in [2.24, 2.45) is 0 Å². The molecule has 0 aliphatic carbocycles. The van der Waals surface area contributed by atoms with Crippen LogP contribution in [0.3, 0.4) is 0 Å². The van der Waals surface area contributed by atoms with Gasteiger partial charge >= 0.3 is 11.9 Å². The summed E-state index contributed by atoms with van der Waals surface area (Å²) in [5.74, 6) is -0.346. The van der Waals surface area contributed by atoms with Crippen molar-refractivity contribution in [1.82, 2.24) is 0 Å². The summed E-state index contributed by atoms with van der Waals surface area (Å²) >= 11 is 0. The molecule has 0 saturated heterocycles. The summed E-state index contributed by atoms with van der Waals surface area (Å²) in [6, 6.07) is 41.6. The first-order valence-corrected chi connectivity index (χ1v) is 20.0. The van der Waals surface area contributed by atoms with Crippen LogP contribution in [0.15, 0.2) is 121 Å². The quantitative estimate of drug-likeness (QED) is 0.0491. The first-order chi connectivity index (χ1) is 23.7. The van der Waals surface area contributed by atoms with Gasteiger partial charge in [0.05, 0.1) is 26.1 Å². The molecule has 0 heterocycles. The summed E-state index contributed by atoms with van der Waals surface area (Å²) in [6.45, 7) is 2.71. The fourth-order valence-corrected chi connectivity index (χ4v) is 9.76.